The Morgan fingerprint density at radius 1 is 1.53 bits per heavy atom. The Hall–Kier alpha value is -1.92. The fraction of sp³-hybridized carbons (Fsp3) is 0.231. The maximum atomic E-state index is 12.1. The van der Waals surface area contributed by atoms with Gasteiger partial charge in [-0.05, 0) is 19.1 Å². The van der Waals surface area contributed by atoms with Crippen molar-refractivity contribution in [3.8, 4) is 5.75 Å². The average molecular weight is 278 g/mol. The smallest absolute Gasteiger partial charge is 0.261 e. The molecule has 0 bridgehead atoms. The van der Waals surface area contributed by atoms with Gasteiger partial charge in [-0.1, -0.05) is 12.1 Å². The number of aliphatic hydroxyl groups excluding tert-OH is 1. The summed E-state index contributed by atoms with van der Waals surface area (Å²) in [6.07, 6.45) is 1.25. The molecule has 0 aliphatic heterocycles. The topological polar surface area (TPSA) is 71.5 Å². The first kappa shape index (κ1) is 13.5. The van der Waals surface area contributed by atoms with E-state index >= 15 is 0 Å². The van der Waals surface area contributed by atoms with Gasteiger partial charge >= 0.3 is 0 Å². The molecule has 1 aromatic carbocycles. The van der Waals surface area contributed by atoms with Gasteiger partial charge in [0.1, 0.15) is 11.9 Å². The van der Waals surface area contributed by atoms with Gasteiger partial charge in [0.05, 0.1) is 12.2 Å². The van der Waals surface area contributed by atoms with E-state index in [9.17, 15) is 4.79 Å². The molecule has 0 saturated heterocycles. The van der Waals surface area contributed by atoms with Crippen LogP contribution in [0.3, 0.4) is 0 Å². The van der Waals surface area contributed by atoms with Gasteiger partial charge in [-0.15, -0.1) is 11.3 Å². The monoisotopic (exact) mass is 278 g/mol. The SMILES string of the molecule is C[C@@H](CO)Oc1ccccc1C(=O)Nc1nccs1. The van der Waals surface area contributed by atoms with E-state index in [2.05, 4.69) is 10.3 Å². The van der Waals surface area contributed by atoms with Crippen LogP contribution < -0.4 is 10.1 Å². The summed E-state index contributed by atoms with van der Waals surface area (Å²) in [5.74, 6) is 0.161. The quantitative estimate of drug-likeness (QED) is 0.879. The second-order valence-corrected chi connectivity index (χ2v) is 4.79. The Morgan fingerprint density at radius 2 is 2.32 bits per heavy atom. The molecule has 1 aromatic heterocycles. The van der Waals surface area contributed by atoms with Crippen LogP contribution in [0.25, 0.3) is 0 Å². The minimum absolute atomic E-state index is 0.109. The number of nitrogens with zero attached hydrogens (tertiary/aromatic N) is 1. The van der Waals surface area contributed by atoms with E-state index < -0.39 is 0 Å². The van der Waals surface area contributed by atoms with Crippen LogP contribution in [0, 0.1) is 0 Å². The first-order chi connectivity index (χ1) is 9.20. The molecule has 2 N–H and O–H groups in total. The maximum absolute atomic E-state index is 12.1. The molecule has 2 rings (SSSR count). The summed E-state index contributed by atoms with van der Waals surface area (Å²) < 4.78 is 5.51. The lowest BCUT2D eigenvalue weighted by atomic mass is 10.2. The number of hydrogen-bond donors (Lipinski definition) is 2. The molecule has 0 radical (unpaired) electrons. The molecule has 0 aliphatic carbocycles. The number of para-hydroxylation sites is 1. The summed E-state index contributed by atoms with van der Waals surface area (Å²) in [6.45, 7) is 1.62. The van der Waals surface area contributed by atoms with E-state index in [0.29, 0.717) is 16.4 Å². The van der Waals surface area contributed by atoms with Crippen LogP contribution in [-0.2, 0) is 0 Å². The van der Waals surface area contributed by atoms with E-state index in [0.717, 1.165) is 0 Å². The van der Waals surface area contributed by atoms with Gasteiger partial charge in [-0.25, -0.2) is 4.98 Å². The number of nitrogens with one attached hydrogen (secondary N) is 1. The molecule has 6 heteroatoms. The highest BCUT2D eigenvalue weighted by atomic mass is 32.1. The molecule has 19 heavy (non-hydrogen) atoms. The molecule has 0 fully saturated rings. The fourth-order valence-electron chi connectivity index (χ4n) is 1.46. The van der Waals surface area contributed by atoms with Gasteiger partial charge in [0.25, 0.3) is 5.91 Å². The molecule has 1 heterocycles. The number of rotatable bonds is 5. The van der Waals surface area contributed by atoms with Gasteiger partial charge < -0.3 is 9.84 Å². The number of benzene rings is 1. The predicted molar refractivity (Wildman–Crippen MR) is 73.7 cm³/mol. The van der Waals surface area contributed by atoms with Crippen LogP contribution in [0.4, 0.5) is 5.13 Å². The van der Waals surface area contributed by atoms with Crippen molar-refractivity contribution in [3.05, 3.63) is 41.4 Å². The van der Waals surface area contributed by atoms with Crippen molar-refractivity contribution in [2.75, 3.05) is 11.9 Å². The third-order valence-electron chi connectivity index (χ3n) is 2.37. The minimum atomic E-state index is -0.367. The molecule has 0 spiro atoms. The van der Waals surface area contributed by atoms with Gasteiger partial charge in [0.15, 0.2) is 5.13 Å². The summed E-state index contributed by atoms with van der Waals surface area (Å²) >= 11 is 1.35. The highest BCUT2D eigenvalue weighted by Gasteiger charge is 2.14. The van der Waals surface area contributed by atoms with Crippen LogP contribution in [0.5, 0.6) is 5.75 Å². The van der Waals surface area contributed by atoms with Crippen LogP contribution in [0.1, 0.15) is 17.3 Å². The molecular weight excluding hydrogens is 264 g/mol. The third kappa shape index (κ3) is 3.52. The van der Waals surface area contributed by atoms with E-state index in [1.165, 1.54) is 11.3 Å². The standard InChI is InChI=1S/C13H14N2O3S/c1-9(8-16)18-11-5-3-2-4-10(11)12(17)15-13-14-6-7-19-13/h2-7,9,16H,8H2,1H3,(H,14,15,17)/t9-/m0/s1. The van der Waals surface area contributed by atoms with Crippen molar-refractivity contribution in [1.82, 2.24) is 4.98 Å². The average Bonchev–Trinajstić information content (AvgIpc) is 2.92. The van der Waals surface area contributed by atoms with Crippen LogP contribution in [0.15, 0.2) is 35.8 Å². The Kier molecular flexibility index (Phi) is 4.48. The number of carbonyl (C=O) groups is 1. The number of carbonyl (C=O) groups excluding carboxylic acids is 1. The van der Waals surface area contributed by atoms with E-state index in [1.54, 1.807) is 42.8 Å². The van der Waals surface area contributed by atoms with Gasteiger partial charge in [-0.3, -0.25) is 10.1 Å². The van der Waals surface area contributed by atoms with Crippen molar-refractivity contribution >= 4 is 22.4 Å². The first-order valence-electron chi connectivity index (χ1n) is 5.78. The zero-order valence-corrected chi connectivity index (χ0v) is 11.2. The summed E-state index contributed by atoms with van der Waals surface area (Å²) in [5.41, 5.74) is 0.415. The second kappa shape index (κ2) is 6.31. The molecule has 1 atom stereocenters. The fourth-order valence-corrected chi connectivity index (χ4v) is 1.98. The van der Waals surface area contributed by atoms with Crippen molar-refractivity contribution < 1.29 is 14.6 Å². The third-order valence-corrected chi connectivity index (χ3v) is 3.06. The van der Waals surface area contributed by atoms with Crippen molar-refractivity contribution in [1.29, 1.82) is 0 Å². The van der Waals surface area contributed by atoms with Crippen molar-refractivity contribution in [3.63, 3.8) is 0 Å². The molecule has 5 nitrogen and oxygen atoms in total. The van der Waals surface area contributed by atoms with Gasteiger partial charge in [0, 0.05) is 11.6 Å². The van der Waals surface area contributed by atoms with Gasteiger partial charge in [0.2, 0.25) is 0 Å². The summed E-state index contributed by atoms with van der Waals surface area (Å²) in [4.78, 5) is 16.1. The van der Waals surface area contributed by atoms with Crippen LogP contribution in [0.2, 0.25) is 0 Å². The lowest BCUT2D eigenvalue weighted by Crippen LogP contribution is -2.19. The van der Waals surface area contributed by atoms with E-state index in [4.69, 9.17) is 9.84 Å². The highest BCUT2D eigenvalue weighted by Crippen LogP contribution is 2.21. The lowest BCUT2D eigenvalue weighted by Gasteiger charge is -2.14. The number of anilines is 1. The Balaban J connectivity index is 2.16. The van der Waals surface area contributed by atoms with Crippen molar-refractivity contribution in [2.45, 2.75) is 13.0 Å². The molecule has 0 unspecified atom stereocenters. The number of hydrogen-bond acceptors (Lipinski definition) is 5. The Labute approximate surface area is 114 Å². The Bertz CT molecular complexity index is 543. The summed E-state index contributed by atoms with van der Waals surface area (Å²) in [6, 6.07) is 6.90. The molecular formula is C13H14N2O3S. The van der Waals surface area contributed by atoms with E-state index in [-0.39, 0.29) is 18.6 Å². The second-order valence-electron chi connectivity index (χ2n) is 3.90. The lowest BCUT2D eigenvalue weighted by molar-refractivity contribution is 0.100. The normalized spacial score (nSPS) is 11.9. The zero-order chi connectivity index (χ0) is 13.7. The number of aromatic nitrogens is 1. The van der Waals surface area contributed by atoms with Crippen LogP contribution in [-0.4, -0.2) is 28.7 Å². The molecule has 1 amide bonds. The van der Waals surface area contributed by atoms with E-state index in [1.807, 2.05) is 0 Å². The molecule has 0 saturated carbocycles. The van der Waals surface area contributed by atoms with Crippen molar-refractivity contribution in [2.24, 2.45) is 0 Å². The zero-order valence-electron chi connectivity index (χ0n) is 10.4. The number of thiazole rings is 1. The predicted octanol–water partition coefficient (Wildman–Crippen LogP) is 2.16. The maximum Gasteiger partial charge on any atom is 0.261 e. The summed E-state index contributed by atoms with van der Waals surface area (Å²) in [5, 5.41) is 14.0. The Morgan fingerprint density at radius 3 is 3.00 bits per heavy atom. The first-order valence-corrected chi connectivity index (χ1v) is 6.66. The number of aliphatic hydroxyl groups is 1. The minimum Gasteiger partial charge on any atom is -0.487 e. The highest BCUT2D eigenvalue weighted by molar-refractivity contribution is 7.13. The number of ether oxygens (including phenoxy) is 1. The molecule has 100 valence electrons. The largest absolute Gasteiger partial charge is 0.487 e. The van der Waals surface area contributed by atoms with Gasteiger partial charge in [-0.2, -0.15) is 0 Å². The van der Waals surface area contributed by atoms with Crippen LogP contribution >= 0.6 is 11.3 Å². The summed E-state index contributed by atoms with van der Waals surface area (Å²) in [7, 11) is 0. The number of amides is 1. The molecule has 0 aliphatic rings. The molecule has 2 aromatic rings.